The first kappa shape index (κ1) is 16.3. The highest BCUT2D eigenvalue weighted by atomic mass is 19.1. The molecule has 126 valence electrons. The number of benzene rings is 2. The summed E-state index contributed by atoms with van der Waals surface area (Å²) < 4.78 is 22.8. The molecule has 2 aromatic carbocycles. The van der Waals surface area contributed by atoms with Gasteiger partial charge < -0.3 is 14.5 Å². The molecule has 0 radical (unpaired) electrons. The van der Waals surface area contributed by atoms with Crippen molar-refractivity contribution in [1.29, 1.82) is 0 Å². The lowest BCUT2D eigenvalue weighted by Gasteiger charge is -2.03. The summed E-state index contributed by atoms with van der Waals surface area (Å²) in [5.41, 5.74) is 1.30. The summed E-state index contributed by atoms with van der Waals surface area (Å²) in [5.74, 6) is -1.61. The maximum Gasteiger partial charge on any atom is 0.337 e. The average molecular weight is 341 g/mol. The van der Waals surface area contributed by atoms with Crippen molar-refractivity contribution in [3.63, 3.8) is 0 Å². The number of carbonyl (C=O) groups is 2. The van der Waals surface area contributed by atoms with Crippen LogP contribution in [0.1, 0.15) is 21.0 Å². The lowest BCUT2D eigenvalue weighted by molar-refractivity contribution is 0.0600. The van der Waals surface area contributed by atoms with Gasteiger partial charge >= 0.3 is 17.8 Å². The van der Waals surface area contributed by atoms with E-state index in [1.165, 1.54) is 43.5 Å². The second-order valence-electron chi connectivity index (χ2n) is 4.94. The summed E-state index contributed by atoms with van der Waals surface area (Å²) in [6.45, 7) is 0. The molecular weight excluding hydrogens is 329 g/mol. The minimum absolute atomic E-state index is 0.103. The van der Waals surface area contributed by atoms with Crippen LogP contribution in [0.3, 0.4) is 0 Å². The molecule has 0 aliphatic rings. The zero-order valence-electron chi connectivity index (χ0n) is 13.0. The maximum absolute atomic E-state index is 12.9. The SMILES string of the molecule is COC(=O)c1ccc(NC(=O)c2nnc(-c3ccc(F)cc3)o2)cc1. The Morgan fingerprint density at radius 1 is 1.04 bits per heavy atom. The molecule has 0 fully saturated rings. The lowest BCUT2D eigenvalue weighted by atomic mass is 10.2. The molecular formula is C17H12FN3O4. The number of carbonyl (C=O) groups excluding carboxylic acids is 2. The molecule has 0 aliphatic heterocycles. The molecule has 0 bridgehead atoms. The first-order valence-corrected chi connectivity index (χ1v) is 7.16. The Bertz CT molecular complexity index is 904. The van der Waals surface area contributed by atoms with Crippen LogP contribution in [0, 0.1) is 5.82 Å². The number of rotatable bonds is 4. The molecule has 25 heavy (non-hydrogen) atoms. The molecule has 3 aromatic rings. The highest BCUT2D eigenvalue weighted by molar-refractivity contribution is 6.01. The number of methoxy groups -OCH3 is 1. The molecule has 0 saturated carbocycles. The summed E-state index contributed by atoms with van der Waals surface area (Å²) in [4.78, 5) is 23.5. The third kappa shape index (κ3) is 3.69. The van der Waals surface area contributed by atoms with Gasteiger partial charge in [0, 0.05) is 11.3 Å². The fourth-order valence-electron chi connectivity index (χ4n) is 2.02. The van der Waals surface area contributed by atoms with Crippen molar-refractivity contribution in [2.24, 2.45) is 0 Å². The van der Waals surface area contributed by atoms with Crippen molar-refractivity contribution >= 4 is 17.6 Å². The molecule has 0 atom stereocenters. The van der Waals surface area contributed by atoms with Gasteiger partial charge in [-0.1, -0.05) is 0 Å². The van der Waals surface area contributed by atoms with Gasteiger partial charge in [-0.3, -0.25) is 4.79 Å². The summed E-state index contributed by atoms with van der Waals surface area (Å²) >= 11 is 0. The van der Waals surface area contributed by atoms with E-state index in [1.54, 1.807) is 12.1 Å². The Hall–Kier alpha value is -3.55. The highest BCUT2D eigenvalue weighted by Gasteiger charge is 2.16. The zero-order chi connectivity index (χ0) is 17.8. The van der Waals surface area contributed by atoms with E-state index in [9.17, 15) is 14.0 Å². The number of nitrogens with zero attached hydrogens (tertiary/aromatic N) is 2. The van der Waals surface area contributed by atoms with Crippen molar-refractivity contribution in [2.75, 3.05) is 12.4 Å². The van der Waals surface area contributed by atoms with Gasteiger partial charge in [-0.25, -0.2) is 9.18 Å². The summed E-state index contributed by atoms with van der Waals surface area (Å²) in [6, 6.07) is 11.6. The predicted octanol–water partition coefficient (Wildman–Crippen LogP) is 2.91. The van der Waals surface area contributed by atoms with Crippen LogP contribution in [-0.2, 0) is 4.74 Å². The van der Waals surface area contributed by atoms with E-state index in [1.807, 2.05) is 0 Å². The maximum atomic E-state index is 12.9. The fraction of sp³-hybridized carbons (Fsp3) is 0.0588. The van der Waals surface area contributed by atoms with E-state index in [4.69, 9.17) is 4.42 Å². The van der Waals surface area contributed by atoms with E-state index in [-0.39, 0.29) is 11.8 Å². The zero-order valence-corrected chi connectivity index (χ0v) is 13.0. The van der Waals surface area contributed by atoms with Crippen molar-refractivity contribution in [2.45, 2.75) is 0 Å². The van der Waals surface area contributed by atoms with Gasteiger partial charge in [0.1, 0.15) is 5.82 Å². The number of nitrogens with one attached hydrogen (secondary N) is 1. The van der Waals surface area contributed by atoms with Gasteiger partial charge in [0.25, 0.3) is 0 Å². The molecule has 0 aliphatic carbocycles. The second kappa shape index (κ2) is 6.91. The number of anilines is 1. The largest absolute Gasteiger partial charge is 0.465 e. The Balaban J connectivity index is 1.71. The van der Waals surface area contributed by atoms with E-state index in [0.717, 1.165) is 0 Å². The molecule has 1 amide bonds. The van der Waals surface area contributed by atoms with Crippen molar-refractivity contribution < 1.29 is 23.1 Å². The molecule has 3 rings (SSSR count). The first-order chi connectivity index (χ1) is 12.1. The van der Waals surface area contributed by atoms with E-state index < -0.39 is 17.7 Å². The van der Waals surface area contributed by atoms with Crippen molar-refractivity contribution in [3.05, 3.63) is 65.8 Å². The summed E-state index contributed by atoms with van der Waals surface area (Å²) in [5, 5.41) is 10.0. The normalized spacial score (nSPS) is 10.3. The Morgan fingerprint density at radius 2 is 1.72 bits per heavy atom. The topological polar surface area (TPSA) is 94.3 Å². The molecule has 8 heteroatoms. The van der Waals surface area contributed by atoms with Crippen LogP contribution in [-0.4, -0.2) is 29.2 Å². The van der Waals surface area contributed by atoms with E-state index >= 15 is 0 Å². The third-order valence-electron chi connectivity index (χ3n) is 3.27. The number of amides is 1. The molecule has 1 N–H and O–H groups in total. The quantitative estimate of drug-likeness (QED) is 0.733. The number of hydrogen-bond donors (Lipinski definition) is 1. The molecule has 0 unspecified atom stereocenters. The van der Waals surface area contributed by atoms with Gasteiger partial charge in [-0.05, 0) is 48.5 Å². The summed E-state index contributed by atoms with van der Waals surface area (Å²) in [6.07, 6.45) is 0. The van der Waals surface area contributed by atoms with Gasteiger partial charge in [0.05, 0.1) is 12.7 Å². The number of ether oxygens (including phenoxy) is 1. The van der Waals surface area contributed by atoms with Crippen LogP contribution in [0.2, 0.25) is 0 Å². The number of halogens is 1. The predicted molar refractivity (Wildman–Crippen MR) is 85.4 cm³/mol. The Kier molecular flexibility index (Phi) is 4.51. The van der Waals surface area contributed by atoms with Crippen molar-refractivity contribution in [3.8, 4) is 11.5 Å². The van der Waals surface area contributed by atoms with Crippen LogP contribution >= 0.6 is 0 Å². The van der Waals surface area contributed by atoms with Gasteiger partial charge in [-0.15, -0.1) is 10.2 Å². The Morgan fingerprint density at radius 3 is 2.36 bits per heavy atom. The first-order valence-electron chi connectivity index (χ1n) is 7.16. The van der Waals surface area contributed by atoms with Gasteiger partial charge in [0.2, 0.25) is 5.89 Å². The minimum atomic E-state index is -0.605. The monoisotopic (exact) mass is 341 g/mol. The van der Waals surface area contributed by atoms with Crippen LogP contribution in [0.25, 0.3) is 11.5 Å². The standard InChI is InChI=1S/C17H12FN3O4/c1-24-17(23)11-4-8-13(9-5-11)19-14(22)16-21-20-15(25-16)10-2-6-12(18)7-3-10/h2-9H,1H3,(H,19,22). The third-order valence-corrected chi connectivity index (χ3v) is 3.27. The van der Waals surface area contributed by atoms with E-state index in [2.05, 4.69) is 20.3 Å². The second-order valence-corrected chi connectivity index (χ2v) is 4.94. The minimum Gasteiger partial charge on any atom is -0.465 e. The molecule has 0 spiro atoms. The van der Waals surface area contributed by atoms with Crippen LogP contribution < -0.4 is 5.32 Å². The van der Waals surface area contributed by atoms with Crippen LogP contribution in [0.4, 0.5) is 10.1 Å². The number of aromatic nitrogens is 2. The van der Waals surface area contributed by atoms with Gasteiger partial charge in [0.15, 0.2) is 0 Å². The molecule has 0 saturated heterocycles. The number of hydrogen-bond acceptors (Lipinski definition) is 6. The average Bonchev–Trinajstić information content (AvgIpc) is 3.12. The van der Waals surface area contributed by atoms with Crippen LogP contribution in [0.15, 0.2) is 52.9 Å². The Labute approximate surface area is 141 Å². The van der Waals surface area contributed by atoms with E-state index in [0.29, 0.717) is 16.8 Å². The smallest absolute Gasteiger partial charge is 0.337 e. The number of esters is 1. The highest BCUT2D eigenvalue weighted by Crippen LogP contribution is 2.19. The fourth-order valence-corrected chi connectivity index (χ4v) is 2.02. The summed E-state index contributed by atoms with van der Waals surface area (Å²) in [7, 11) is 1.28. The van der Waals surface area contributed by atoms with Crippen molar-refractivity contribution in [1.82, 2.24) is 10.2 Å². The van der Waals surface area contributed by atoms with Crippen LogP contribution in [0.5, 0.6) is 0 Å². The van der Waals surface area contributed by atoms with Gasteiger partial charge in [-0.2, -0.15) is 0 Å². The molecule has 1 heterocycles. The lowest BCUT2D eigenvalue weighted by Crippen LogP contribution is -2.12. The molecule has 7 nitrogen and oxygen atoms in total. The molecule has 1 aromatic heterocycles.